The van der Waals surface area contributed by atoms with Crippen LogP contribution in [-0.2, 0) is 13.0 Å². The van der Waals surface area contributed by atoms with Crippen LogP contribution in [0.15, 0.2) is 30.5 Å². The van der Waals surface area contributed by atoms with Gasteiger partial charge >= 0.3 is 0 Å². The third-order valence-electron chi connectivity index (χ3n) is 2.88. The molecule has 0 bridgehead atoms. The largest absolute Gasteiger partial charge is 0.497 e. The van der Waals surface area contributed by atoms with Crippen LogP contribution in [0.4, 0.5) is 0 Å². The Hall–Kier alpha value is -1.97. The predicted octanol–water partition coefficient (Wildman–Crippen LogP) is 2.45. The summed E-state index contributed by atoms with van der Waals surface area (Å²) in [6.45, 7) is 2.83. The summed E-state index contributed by atoms with van der Waals surface area (Å²) in [5.74, 6) is 1.67. The van der Waals surface area contributed by atoms with Crippen LogP contribution in [0.3, 0.4) is 0 Å². The van der Waals surface area contributed by atoms with E-state index in [4.69, 9.17) is 9.47 Å². The summed E-state index contributed by atoms with van der Waals surface area (Å²) in [5.41, 5.74) is 2.20. The maximum atomic E-state index is 5.37. The first-order valence-corrected chi connectivity index (χ1v) is 5.94. The van der Waals surface area contributed by atoms with Crippen LogP contribution in [0.1, 0.15) is 11.3 Å². The molecule has 0 N–H and O–H groups in total. The summed E-state index contributed by atoms with van der Waals surface area (Å²) in [6, 6.07) is 7.90. The highest BCUT2D eigenvalue weighted by Gasteiger charge is 2.05. The Morgan fingerprint density at radius 3 is 2.61 bits per heavy atom. The molecule has 18 heavy (non-hydrogen) atoms. The Morgan fingerprint density at radius 2 is 2.00 bits per heavy atom. The van der Waals surface area contributed by atoms with E-state index >= 15 is 0 Å². The van der Waals surface area contributed by atoms with Crippen LogP contribution in [-0.4, -0.2) is 24.0 Å². The lowest BCUT2D eigenvalue weighted by molar-refractivity contribution is 0.390. The molecule has 0 fully saturated rings. The second-order valence-electron chi connectivity index (χ2n) is 4.15. The molecule has 1 aromatic carbocycles. The van der Waals surface area contributed by atoms with Gasteiger partial charge in [0.2, 0.25) is 0 Å². The predicted molar refractivity (Wildman–Crippen MR) is 70.2 cm³/mol. The highest BCUT2D eigenvalue weighted by Crippen LogP contribution is 2.25. The first kappa shape index (κ1) is 12.5. The smallest absolute Gasteiger partial charge is 0.125 e. The van der Waals surface area contributed by atoms with Crippen molar-refractivity contribution in [2.45, 2.75) is 19.9 Å². The lowest BCUT2D eigenvalue weighted by atomic mass is 10.1. The van der Waals surface area contributed by atoms with Gasteiger partial charge < -0.3 is 9.47 Å². The van der Waals surface area contributed by atoms with Gasteiger partial charge in [0.15, 0.2) is 0 Å². The molecule has 1 heterocycles. The van der Waals surface area contributed by atoms with Gasteiger partial charge in [-0.15, -0.1) is 0 Å². The Balaban J connectivity index is 2.08. The van der Waals surface area contributed by atoms with E-state index in [2.05, 4.69) is 5.10 Å². The first-order valence-electron chi connectivity index (χ1n) is 5.94. The van der Waals surface area contributed by atoms with Gasteiger partial charge in [0.05, 0.1) is 19.9 Å². The molecule has 0 aliphatic rings. The van der Waals surface area contributed by atoms with Crippen LogP contribution in [0.5, 0.6) is 11.5 Å². The number of aryl methyl sites for hydroxylation is 3. The van der Waals surface area contributed by atoms with Crippen molar-refractivity contribution in [3.05, 3.63) is 41.7 Å². The Labute approximate surface area is 107 Å². The van der Waals surface area contributed by atoms with E-state index in [1.807, 2.05) is 42.1 Å². The van der Waals surface area contributed by atoms with E-state index in [1.165, 1.54) is 0 Å². The lowest BCUT2D eigenvalue weighted by Gasteiger charge is -2.10. The van der Waals surface area contributed by atoms with Gasteiger partial charge in [-0.25, -0.2) is 0 Å². The molecule has 4 nitrogen and oxygen atoms in total. The molecule has 4 heteroatoms. The third-order valence-corrected chi connectivity index (χ3v) is 2.88. The summed E-state index contributed by atoms with van der Waals surface area (Å²) >= 11 is 0. The summed E-state index contributed by atoms with van der Waals surface area (Å²) in [7, 11) is 3.33. The second-order valence-corrected chi connectivity index (χ2v) is 4.15. The van der Waals surface area contributed by atoms with Crippen LogP contribution in [0.2, 0.25) is 0 Å². The summed E-state index contributed by atoms with van der Waals surface area (Å²) < 4.78 is 12.5. The summed E-state index contributed by atoms with van der Waals surface area (Å²) in [5, 5.41) is 4.37. The molecule has 0 saturated heterocycles. The minimum Gasteiger partial charge on any atom is -0.497 e. The fraction of sp³-hybridized carbons (Fsp3) is 0.357. The maximum absolute atomic E-state index is 5.37. The zero-order valence-electron chi connectivity index (χ0n) is 11.0. The van der Waals surface area contributed by atoms with Crippen molar-refractivity contribution < 1.29 is 9.47 Å². The highest BCUT2D eigenvalue weighted by atomic mass is 16.5. The van der Waals surface area contributed by atoms with Gasteiger partial charge in [-0.1, -0.05) is 6.07 Å². The molecule has 2 rings (SSSR count). The SMILES string of the molecule is COc1ccc(CCn2ccc(C)n2)c(OC)c1. The second kappa shape index (κ2) is 5.58. The fourth-order valence-corrected chi connectivity index (χ4v) is 1.88. The lowest BCUT2D eigenvalue weighted by Crippen LogP contribution is -2.03. The van der Waals surface area contributed by atoms with E-state index in [-0.39, 0.29) is 0 Å². The summed E-state index contributed by atoms with van der Waals surface area (Å²) in [4.78, 5) is 0. The molecule has 0 radical (unpaired) electrons. The number of rotatable bonds is 5. The van der Waals surface area contributed by atoms with Crippen molar-refractivity contribution >= 4 is 0 Å². The number of nitrogens with zero attached hydrogens (tertiary/aromatic N) is 2. The van der Waals surface area contributed by atoms with Crippen molar-refractivity contribution in [2.75, 3.05) is 14.2 Å². The first-order chi connectivity index (χ1) is 8.72. The Bertz CT molecular complexity index is 520. The molecule has 0 saturated carbocycles. The van der Waals surface area contributed by atoms with E-state index in [0.717, 1.165) is 35.7 Å². The van der Waals surface area contributed by atoms with Crippen molar-refractivity contribution in [3.8, 4) is 11.5 Å². The number of methoxy groups -OCH3 is 2. The normalized spacial score (nSPS) is 10.4. The highest BCUT2D eigenvalue weighted by molar-refractivity contribution is 5.40. The van der Waals surface area contributed by atoms with Gasteiger partial charge in [-0.05, 0) is 31.0 Å². The van der Waals surface area contributed by atoms with Crippen LogP contribution in [0, 0.1) is 6.92 Å². The van der Waals surface area contributed by atoms with Crippen molar-refractivity contribution in [3.63, 3.8) is 0 Å². The standard InChI is InChI=1S/C14H18N2O2/c1-11-6-8-16(15-11)9-7-12-4-5-13(17-2)10-14(12)18-3/h4-6,8,10H,7,9H2,1-3H3. The third kappa shape index (κ3) is 2.83. The van der Waals surface area contributed by atoms with Gasteiger partial charge in [0, 0.05) is 18.8 Å². The van der Waals surface area contributed by atoms with Gasteiger partial charge in [0.1, 0.15) is 11.5 Å². The van der Waals surface area contributed by atoms with E-state index in [9.17, 15) is 0 Å². The number of benzene rings is 1. The molecule has 0 aliphatic heterocycles. The number of hydrogen-bond acceptors (Lipinski definition) is 3. The van der Waals surface area contributed by atoms with Gasteiger partial charge in [-0.3, -0.25) is 4.68 Å². The van der Waals surface area contributed by atoms with E-state index in [1.54, 1.807) is 14.2 Å². The number of aromatic nitrogens is 2. The molecule has 1 aromatic heterocycles. The molecule has 0 aliphatic carbocycles. The van der Waals surface area contributed by atoms with Crippen molar-refractivity contribution in [1.29, 1.82) is 0 Å². The van der Waals surface area contributed by atoms with Crippen molar-refractivity contribution in [1.82, 2.24) is 9.78 Å². The molecule has 2 aromatic rings. The molecule has 96 valence electrons. The topological polar surface area (TPSA) is 36.3 Å². The molecule has 0 amide bonds. The Morgan fingerprint density at radius 1 is 1.17 bits per heavy atom. The monoisotopic (exact) mass is 246 g/mol. The van der Waals surface area contributed by atoms with E-state index in [0.29, 0.717) is 0 Å². The average Bonchev–Trinajstić information content (AvgIpc) is 2.82. The quantitative estimate of drug-likeness (QED) is 0.813. The average molecular weight is 246 g/mol. The fourth-order valence-electron chi connectivity index (χ4n) is 1.88. The number of hydrogen-bond donors (Lipinski definition) is 0. The maximum Gasteiger partial charge on any atom is 0.125 e. The molecular formula is C14H18N2O2. The van der Waals surface area contributed by atoms with E-state index < -0.39 is 0 Å². The number of ether oxygens (including phenoxy) is 2. The zero-order chi connectivity index (χ0) is 13.0. The zero-order valence-corrected chi connectivity index (χ0v) is 11.0. The molecule has 0 spiro atoms. The molecular weight excluding hydrogens is 228 g/mol. The molecule has 0 atom stereocenters. The minimum atomic E-state index is 0.811. The summed E-state index contributed by atoms with van der Waals surface area (Å²) in [6.07, 6.45) is 2.87. The van der Waals surface area contributed by atoms with Gasteiger partial charge in [-0.2, -0.15) is 5.10 Å². The van der Waals surface area contributed by atoms with Crippen LogP contribution >= 0.6 is 0 Å². The van der Waals surface area contributed by atoms with Gasteiger partial charge in [0.25, 0.3) is 0 Å². The minimum absolute atomic E-state index is 0.811. The molecule has 0 unspecified atom stereocenters. The Kier molecular flexibility index (Phi) is 3.87. The van der Waals surface area contributed by atoms with Crippen LogP contribution < -0.4 is 9.47 Å². The van der Waals surface area contributed by atoms with Crippen molar-refractivity contribution in [2.24, 2.45) is 0 Å². The van der Waals surface area contributed by atoms with Crippen LogP contribution in [0.25, 0.3) is 0 Å².